The maximum atomic E-state index is 13.6. The Labute approximate surface area is 173 Å². The van der Waals surface area contributed by atoms with Crippen molar-refractivity contribution in [2.24, 2.45) is 0 Å². The van der Waals surface area contributed by atoms with E-state index in [-0.39, 0.29) is 5.56 Å². The number of thiophene rings is 1. The van der Waals surface area contributed by atoms with Crippen LogP contribution >= 0.6 is 23.1 Å². The number of fused-ring (bicyclic) bond motifs is 3. The molecule has 3 aromatic rings. The minimum absolute atomic E-state index is 0.0523. The molecule has 2 heterocycles. The number of hydrogen-bond acceptors (Lipinski definition) is 5. The van der Waals surface area contributed by atoms with E-state index in [0.29, 0.717) is 6.61 Å². The smallest absolute Gasteiger partial charge is 0.267 e. The largest absolute Gasteiger partial charge is 0.494 e. The average Bonchev–Trinajstić information content (AvgIpc) is 3.08. The van der Waals surface area contributed by atoms with Crippen molar-refractivity contribution in [2.45, 2.75) is 44.7 Å². The number of thioether (sulfide) groups is 1. The third kappa shape index (κ3) is 3.63. The van der Waals surface area contributed by atoms with Crippen LogP contribution in [0.3, 0.4) is 0 Å². The summed E-state index contributed by atoms with van der Waals surface area (Å²) in [5.74, 6) is 1.60. The molecule has 0 aliphatic heterocycles. The topological polar surface area (TPSA) is 44.1 Å². The summed E-state index contributed by atoms with van der Waals surface area (Å²) in [6.07, 6.45) is 8.52. The van der Waals surface area contributed by atoms with Crippen LogP contribution in [0.1, 0.15) is 37.1 Å². The Hall–Kier alpha value is -2.05. The quantitative estimate of drug-likeness (QED) is 0.309. The minimum Gasteiger partial charge on any atom is -0.494 e. The van der Waals surface area contributed by atoms with E-state index in [1.165, 1.54) is 16.9 Å². The number of benzene rings is 1. The standard InChI is InChI=1S/C22H24N2O2S2/c1-3-5-14-27-22-23-20-19(17-8-6-7-9-18(17)28-20)21(25)24(22)15-10-12-16(13-11-15)26-4-2/h3,5,10-13H,4,6-9,14H2,1-2H3/b5-3+. The molecule has 0 atom stereocenters. The van der Waals surface area contributed by atoms with Gasteiger partial charge in [0.1, 0.15) is 10.6 Å². The van der Waals surface area contributed by atoms with Gasteiger partial charge in [0.15, 0.2) is 5.16 Å². The van der Waals surface area contributed by atoms with Crippen molar-refractivity contribution in [3.05, 3.63) is 57.2 Å². The molecule has 0 unspecified atom stereocenters. The summed E-state index contributed by atoms with van der Waals surface area (Å²) in [5.41, 5.74) is 2.12. The maximum absolute atomic E-state index is 13.6. The number of nitrogens with zero attached hydrogens (tertiary/aromatic N) is 2. The number of hydrogen-bond donors (Lipinski definition) is 0. The Bertz CT molecular complexity index is 1060. The third-order valence-corrected chi connectivity index (χ3v) is 6.99. The van der Waals surface area contributed by atoms with Crippen molar-refractivity contribution in [3.8, 4) is 11.4 Å². The van der Waals surface area contributed by atoms with E-state index in [4.69, 9.17) is 9.72 Å². The predicted octanol–water partition coefficient (Wildman–Crippen LogP) is 5.39. The first-order valence-electron chi connectivity index (χ1n) is 9.77. The summed E-state index contributed by atoms with van der Waals surface area (Å²) in [6, 6.07) is 7.72. The van der Waals surface area contributed by atoms with Crippen LogP contribution in [0.5, 0.6) is 5.75 Å². The molecule has 0 N–H and O–H groups in total. The van der Waals surface area contributed by atoms with Gasteiger partial charge in [-0.15, -0.1) is 11.3 Å². The molecule has 0 spiro atoms. The Kier molecular flexibility index (Phi) is 5.87. The highest BCUT2D eigenvalue weighted by Gasteiger charge is 2.22. The summed E-state index contributed by atoms with van der Waals surface area (Å²) >= 11 is 3.30. The van der Waals surface area contributed by atoms with E-state index < -0.39 is 0 Å². The van der Waals surface area contributed by atoms with Gasteiger partial charge in [0.05, 0.1) is 17.7 Å². The summed E-state index contributed by atoms with van der Waals surface area (Å²) in [7, 11) is 0. The first kappa shape index (κ1) is 19.3. The molecule has 4 rings (SSSR count). The van der Waals surface area contributed by atoms with Gasteiger partial charge in [-0.05, 0) is 69.4 Å². The SMILES string of the molecule is C/C=C/CSc1nc2sc3c(c2c(=O)n1-c1ccc(OCC)cc1)CCCC3. The van der Waals surface area contributed by atoms with E-state index in [0.717, 1.165) is 51.8 Å². The van der Waals surface area contributed by atoms with Crippen LogP contribution in [0.15, 0.2) is 46.4 Å². The molecule has 1 aliphatic rings. The Morgan fingerprint density at radius 2 is 2.04 bits per heavy atom. The van der Waals surface area contributed by atoms with E-state index in [1.807, 2.05) is 44.2 Å². The van der Waals surface area contributed by atoms with E-state index in [1.54, 1.807) is 27.7 Å². The Balaban J connectivity index is 1.89. The second-order valence-electron chi connectivity index (χ2n) is 6.73. The van der Waals surface area contributed by atoms with E-state index in [9.17, 15) is 4.79 Å². The summed E-state index contributed by atoms with van der Waals surface area (Å²) in [5, 5.41) is 1.57. The zero-order valence-electron chi connectivity index (χ0n) is 16.2. The molecule has 146 valence electrons. The highest BCUT2D eigenvalue weighted by molar-refractivity contribution is 7.99. The van der Waals surface area contributed by atoms with Crippen LogP contribution in [-0.4, -0.2) is 21.9 Å². The zero-order valence-corrected chi connectivity index (χ0v) is 17.9. The van der Waals surface area contributed by atoms with Gasteiger partial charge in [-0.2, -0.15) is 0 Å². The normalized spacial score (nSPS) is 13.9. The van der Waals surface area contributed by atoms with Gasteiger partial charge >= 0.3 is 0 Å². The van der Waals surface area contributed by atoms with Crippen molar-refractivity contribution >= 4 is 33.3 Å². The minimum atomic E-state index is 0.0523. The van der Waals surface area contributed by atoms with Crippen LogP contribution < -0.4 is 10.3 Å². The van der Waals surface area contributed by atoms with Gasteiger partial charge < -0.3 is 4.74 Å². The average molecular weight is 413 g/mol. The van der Waals surface area contributed by atoms with Crippen molar-refractivity contribution in [1.82, 2.24) is 9.55 Å². The highest BCUT2D eigenvalue weighted by Crippen LogP contribution is 2.35. The Morgan fingerprint density at radius 1 is 1.25 bits per heavy atom. The fraction of sp³-hybridized carbons (Fsp3) is 0.364. The maximum Gasteiger partial charge on any atom is 0.267 e. The summed E-state index contributed by atoms with van der Waals surface area (Å²) in [4.78, 5) is 20.8. The van der Waals surface area contributed by atoms with Crippen molar-refractivity contribution in [1.29, 1.82) is 0 Å². The molecule has 2 aromatic heterocycles. The molecule has 0 bridgehead atoms. The Morgan fingerprint density at radius 3 is 2.79 bits per heavy atom. The lowest BCUT2D eigenvalue weighted by Gasteiger charge is -2.14. The van der Waals surface area contributed by atoms with Gasteiger partial charge in [0, 0.05) is 10.6 Å². The lowest BCUT2D eigenvalue weighted by molar-refractivity contribution is 0.340. The number of aryl methyl sites for hydroxylation is 2. The fourth-order valence-corrected chi connectivity index (χ4v) is 5.81. The summed E-state index contributed by atoms with van der Waals surface area (Å²) < 4.78 is 7.32. The predicted molar refractivity (Wildman–Crippen MR) is 119 cm³/mol. The van der Waals surface area contributed by atoms with Gasteiger partial charge in [-0.3, -0.25) is 9.36 Å². The molecular weight excluding hydrogens is 388 g/mol. The number of allylic oxidation sites excluding steroid dienone is 1. The highest BCUT2D eigenvalue weighted by atomic mass is 32.2. The molecule has 1 aromatic carbocycles. The van der Waals surface area contributed by atoms with Crippen LogP contribution in [0.2, 0.25) is 0 Å². The number of aromatic nitrogens is 2. The van der Waals surface area contributed by atoms with E-state index >= 15 is 0 Å². The molecule has 6 heteroatoms. The lowest BCUT2D eigenvalue weighted by atomic mass is 9.97. The van der Waals surface area contributed by atoms with Gasteiger partial charge in [0.25, 0.3) is 5.56 Å². The molecule has 0 saturated heterocycles. The van der Waals surface area contributed by atoms with Gasteiger partial charge in [-0.1, -0.05) is 23.9 Å². The molecule has 4 nitrogen and oxygen atoms in total. The molecule has 0 amide bonds. The van der Waals surface area contributed by atoms with Crippen LogP contribution in [0.4, 0.5) is 0 Å². The van der Waals surface area contributed by atoms with Crippen LogP contribution in [0.25, 0.3) is 15.9 Å². The van der Waals surface area contributed by atoms with E-state index in [2.05, 4.69) is 6.08 Å². The zero-order chi connectivity index (χ0) is 19.5. The third-order valence-electron chi connectivity index (χ3n) is 4.91. The second-order valence-corrected chi connectivity index (χ2v) is 8.80. The van der Waals surface area contributed by atoms with Crippen molar-refractivity contribution < 1.29 is 4.74 Å². The van der Waals surface area contributed by atoms with Gasteiger partial charge in [0.2, 0.25) is 0 Å². The lowest BCUT2D eigenvalue weighted by Crippen LogP contribution is -2.22. The van der Waals surface area contributed by atoms with Crippen molar-refractivity contribution in [2.75, 3.05) is 12.4 Å². The fourth-order valence-electron chi connectivity index (χ4n) is 3.59. The van der Waals surface area contributed by atoms with Crippen LogP contribution in [-0.2, 0) is 12.8 Å². The van der Waals surface area contributed by atoms with Crippen molar-refractivity contribution in [3.63, 3.8) is 0 Å². The molecule has 0 saturated carbocycles. The monoisotopic (exact) mass is 412 g/mol. The molecule has 28 heavy (non-hydrogen) atoms. The molecule has 0 fully saturated rings. The second kappa shape index (κ2) is 8.53. The van der Waals surface area contributed by atoms with Gasteiger partial charge in [-0.25, -0.2) is 4.98 Å². The first-order chi connectivity index (χ1) is 13.7. The number of ether oxygens (including phenoxy) is 1. The first-order valence-corrected chi connectivity index (χ1v) is 11.6. The molecule has 1 aliphatic carbocycles. The molecule has 0 radical (unpaired) electrons. The number of rotatable bonds is 6. The molecular formula is C22H24N2O2S2. The van der Waals surface area contributed by atoms with Crippen LogP contribution in [0, 0.1) is 0 Å². The summed E-state index contributed by atoms with van der Waals surface area (Å²) in [6.45, 7) is 4.59.